The smallest absolute Gasteiger partial charge is 0.191 e. The standard InChI is InChI=1S/C20H33N3O2S.HI/c1-4-21-20(23-16-8-7-9-17(13-16)26-6-3)22-14-15-10-11-18(24)19(12-15)25-5-2;/h10-12,16-17,24H,4-9,13-14H2,1-3H3,(H2,21,22,23);1H. The Morgan fingerprint density at radius 1 is 1.30 bits per heavy atom. The molecular weight excluding hydrogens is 473 g/mol. The minimum absolute atomic E-state index is 0. The number of thioether (sulfide) groups is 1. The number of ether oxygens (including phenoxy) is 1. The van der Waals surface area contributed by atoms with Gasteiger partial charge in [-0.2, -0.15) is 11.8 Å². The lowest BCUT2D eigenvalue weighted by atomic mass is 9.95. The molecule has 7 heteroatoms. The third-order valence-corrected chi connectivity index (χ3v) is 5.69. The van der Waals surface area contributed by atoms with Crippen LogP contribution in [0.15, 0.2) is 23.2 Å². The second-order valence-corrected chi connectivity index (χ2v) is 8.09. The van der Waals surface area contributed by atoms with Crippen LogP contribution in [-0.2, 0) is 6.54 Å². The van der Waals surface area contributed by atoms with Crippen molar-refractivity contribution < 1.29 is 9.84 Å². The van der Waals surface area contributed by atoms with Crippen LogP contribution in [0.4, 0.5) is 0 Å². The SMILES string of the molecule is CCNC(=NCc1ccc(O)c(OCC)c1)NC1CCCC(SCC)C1.I. The van der Waals surface area contributed by atoms with Crippen molar-refractivity contribution in [2.45, 2.75) is 64.3 Å². The van der Waals surface area contributed by atoms with Gasteiger partial charge in [-0.05, 0) is 56.6 Å². The van der Waals surface area contributed by atoms with Gasteiger partial charge in [0, 0.05) is 17.8 Å². The van der Waals surface area contributed by atoms with Gasteiger partial charge in [-0.3, -0.25) is 0 Å². The molecule has 27 heavy (non-hydrogen) atoms. The lowest BCUT2D eigenvalue weighted by molar-refractivity contribution is 0.318. The molecule has 0 spiro atoms. The second kappa shape index (κ2) is 13.4. The zero-order valence-electron chi connectivity index (χ0n) is 16.7. The zero-order chi connectivity index (χ0) is 18.8. The van der Waals surface area contributed by atoms with E-state index in [0.717, 1.165) is 23.3 Å². The summed E-state index contributed by atoms with van der Waals surface area (Å²) < 4.78 is 5.46. The lowest BCUT2D eigenvalue weighted by Crippen LogP contribution is -2.45. The second-order valence-electron chi connectivity index (χ2n) is 6.52. The van der Waals surface area contributed by atoms with Crippen LogP contribution in [0.3, 0.4) is 0 Å². The van der Waals surface area contributed by atoms with Crippen LogP contribution in [0.25, 0.3) is 0 Å². The lowest BCUT2D eigenvalue weighted by Gasteiger charge is -2.30. The Kier molecular flexibility index (Phi) is 12.0. The fourth-order valence-corrected chi connectivity index (χ4v) is 4.45. The highest BCUT2D eigenvalue weighted by Crippen LogP contribution is 2.29. The molecule has 154 valence electrons. The van der Waals surface area contributed by atoms with Crippen molar-refractivity contribution in [3.05, 3.63) is 23.8 Å². The number of aromatic hydroxyl groups is 1. The number of phenolic OH excluding ortho intramolecular Hbond substituents is 1. The van der Waals surface area contributed by atoms with Crippen LogP contribution >= 0.6 is 35.7 Å². The Labute approximate surface area is 185 Å². The number of hydrogen-bond donors (Lipinski definition) is 3. The van der Waals surface area contributed by atoms with Gasteiger partial charge in [0.2, 0.25) is 0 Å². The van der Waals surface area contributed by atoms with E-state index in [1.54, 1.807) is 6.07 Å². The van der Waals surface area contributed by atoms with E-state index in [9.17, 15) is 5.11 Å². The van der Waals surface area contributed by atoms with Crippen molar-refractivity contribution in [1.82, 2.24) is 10.6 Å². The van der Waals surface area contributed by atoms with Gasteiger partial charge >= 0.3 is 0 Å². The Morgan fingerprint density at radius 2 is 2.11 bits per heavy atom. The minimum Gasteiger partial charge on any atom is -0.504 e. The van der Waals surface area contributed by atoms with Crippen molar-refractivity contribution in [3.8, 4) is 11.5 Å². The first-order valence-electron chi connectivity index (χ1n) is 9.77. The van der Waals surface area contributed by atoms with Crippen molar-refractivity contribution in [2.24, 2.45) is 4.99 Å². The fourth-order valence-electron chi connectivity index (χ4n) is 3.27. The Bertz CT molecular complexity index is 584. The summed E-state index contributed by atoms with van der Waals surface area (Å²) in [4.78, 5) is 4.73. The van der Waals surface area contributed by atoms with Gasteiger partial charge in [0.1, 0.15) is 0 Å². The first-order chi connectivity index (χ1) is 12.7. The number of nitrogens with zero attached hydrogens (tertiary/aromatic N) is 1. The first kappa shape index (κ1) is 24.2. The quantitative estimate of drug-likeness (QED) is 0.274. The van der Waals surface area contributed by atoms with Gasteiger partial charge < -0.3 is 20.5 Å². The summed E-state index contributed by atoms with van der Waals surface area (Å²) in [6, 6.07) is 5.91. The molecule has 2 atom stereocenters. The van der Waals surface area contributed by atoms with Crippen molar-refractivity contribution in [1.29, 1.82) is 0 Å². The van der Waals surface area contributed by atoms with E-state index in [1.165, 1.54) is 31.4 Å². The van der Waals surface area contributed by atoms with E-state index in [0.29, 0.717) is 24.9 Å². The average Bonchev–Trinajstić information content (AvgIpc) is 2.63. The molecule has 0 aromatic heterocycles. The zero-order valence-corrected chi connectivity index (χ0v) is 19.8. The van der Waals surface area contributed by atoms with Gasteiger partial charge in [0.05, 0.1) is 13.2 Å². The molecule has 0 amide bonds. The highest BCUT2D eigenvalue weighted by atomic mass is 127. The fraction of sp³-hybridized carbons (Fsp3) is 0.650. The molecule has 0 heterocycles. The number of hydrogen-bond acceptors (Lipinski definition) is 4. The topological polar surface area (TPSA) is 65.9 Å². The van der Waals surface area contributed by atoms with Crippen LogP contribution in [-0.4, -0.2) is 41.3 Å². The number of rotatable bonds is 8. The maximum Gasteiger partial charge on any atom is 0.191 e. The summed E-state index contributed by atoms with van der Waals surface area (Å²) in [5, 5.41) is 17.6. The van der Waals surface area contributed by atoms with Crippen LogP contribution < -0.4 is 15.4 Å². The molecule has 2 rings (SSSR count). The van der Waals surface area contributed by atoms with Crippen molar-refractivity contribution >= 4 is 41.7 Å². The van der Waals surface area contributed by atoms with E-state index < -0.39 is 0 Å². The molecule has 0 radical (unpaired) electrons. The molecule has 2 unspecified atom stereocenters. The molecule has 1 fully saturated rings. The van der Waals surface area contributed by atoms with Crippen LogP contribution in [0.1, 0.15) is 52.0 Å². The third kappa shape index (κ3) is 8.37. The number of guanidine groups is 1. The van der Waals surface area contributed by atoms with E-state index in [1.807, 2.05) is 19.1 Å². The molecule has 1 saturated carbocycles. The molecule has 0 bridgehead atoms. The predicted molar refractivity (Wildman–Crippen MR) is 127 cm³/mol. The minimum atomic E-state index is 0. The Morgan fingerprint density at radius 3 is 2.81 bits per heavy atom. The van der Waals surface area contributed by atoms with Crippen molar-refractivity contribution in [3.63, 3.8) is 0 Å². The van der Waals surface area contributed by atoms with E-state index in [2.05, 4.69) is 36.2 Å². The highest BCUT2D eigenvalue weighted by Gasteiger charge is 2.22. The molecule has 1 aliphatic carbocycles. The Hall–Kier alpha value is -0.830. The molecule has 1 aromatic rings. The molecule has 1 aromatic carbocycles. The summed E-state index contributed by atoms with van der Waals surface area (Å²) >= 11 is 2.08. The normalized spacial score (nSPS) is 19.9. The maximum absolute atomic E-state index is 9.83. The molecule has 0 saturated heterocycles. The number of nitrogens with one attached hydrogen (secondary N) is 2. The van der Waals surface area contributed by atoms with Crippen LogP contribution in [0, 0.1) is 0 Å². The largest absolute Gasteiger partial charge is 0.504 e. The van der Waals surface area contributed by atoms with E-state index in [-0.39, 0.29) is 29.7 Å². The average molecular weight is 507 g/mol. The van der Waals surface area contributed by atoms with Crippen molar-refractivity contribution in [2.75, 3.05) is 18.9 Å². The monoisotopic (exact) mass is 507 g/mol. The van der Waals surface area contributed by atoms with Gasteiger partial charge in [-0.25, -0.2) is 4.99 Å². The van der Waals surface area contributed by atoms with Gasteiger partial charge in [-0.1, -0.05) is 19.4 Å². The first-order valence-corrected chi connectivity index (χ1v) is 10.8. The highest BCUT2D eigenvalue weighted by molar-refractivity contribution is 14.0. The maximum atomic E-state index is 9.83. The van der Waals surface area contributed by atoms with Gasteiger partial charge in [0.15, 0.2) is 17.5 Å². The summed E-state index contributed by atoms with van der Waals surface area (Å²) in [5.74, 6) is 2.75. The summed E-state index contributed by atoms with van der Waals surface area (Å²) in [6.45, 7) is 8.15. The van der Waals surface area contributed by atoms with Crippen LogP contribution in [0.2, 0.25) is 0 Å². The predicted octanol–water partition coefficient (Wildman–Crippen LogP) is 4.53. The van der Waals surface area contributed by atoms with Gasteiger partial charge in [-0.15, -0.1) is 24.0 Å². The van der Waals surface area contributed by atoms with E-state index >= 15 is 0 Å². The molecular formula is C20H34IN3O2S. The molecule has 1 aliphatic rings. The van der Waals surface area contributed by atoms with E-state index in [4.69, 9.17) is 9.73 Å². The number of phenols is 1. The molecule has 3 N–H and O–H groups in total. The summed E-state index contributed by atoms with van der Waals surface area (Å²) in [6.07, 6.45) is 5.03. The Balaban J connectivity index is 0.00000364. The van der Waals surface area contributed by atoms with Gasteiger partial charge in [0.25, 0.3) is 0 Å². The molecule has 0 aliphatic heterocycles. The number of aliphatic imine (C=N–C) groups is 1. The van der Waals surface area contributed by atoms with Crippen LogP contribution in [0.5, 0.6) is 11.5 Å². The number of halogens is 1. The summed E-state index contributed by atoms with van der Waals surface area (Å²) in [7, 11) is 0. The molecule has 5 nitrogen and oxygen atoms in total. The third-order valence-electron chi connectivity index (χ3n) is 4.46. The number of benzene rings is 1. The summed E-state index contributed by atoms with van der Waals surface area (Å²) in [5.41, 5.74) is 1.02.